The zero-order valence-corrected chi connectivity index (χ0v) is 44.4. The van der Waals surface area contributed by atoms with E-state index in [1.807, 2.05) is 14.1 Å². The van der Waals surface area contributed by atoms with Crippen LogP contribution < -0.4 is 15.5 Å². The van der Waals surface area contributed by atoms with Crippen LogP contribution in [-0.2, 0) is 18.6 Å². The summed E-state index contributed by atoms with van der Waals surface area (Å²) in [7, 11) is 3.75. The number of hydrogen-bond acceptors (Lipinski definition) is 3. The van der Waals surface area contributed by atoms with E-state index >= 15 is 0 Å². The zero-order chi connectivity index (χ0) is 52.9. The Kier molecular flexibility index (Phi) is 12.1. The minimum atomic E-state index is -0.157. The Hall–Kier alpha value is -9.69. The first kappa shape index (κ1) is 47.7. The van der Waals surface area contributed by atoms with E-state index < -0.39 is 0 Å². The number of nitrogens with one attached hydrogen (secondary N) is 2. The Labute approximate surface area is 460 Å². The highest BCUT2D eigenvalue weighted by molar-refractivity contribution is 6.24. The third-order valence-electron chi connectivity index (χ3n) is 16.1. The molecule has 15 rings (SSSR count). The summed E-state index contributed by atoms with van der Waals surface area (Å²) in [4.78, 5) is 7.83. The molecule has 0 bridgehead atoms. The quantitative estimate of drug-likeness (QED) is 0.112. The Morgan fingerprint density at radius 3 is 1.63 bits per heavy atom. The van der Waals surface area contributed by atoms with Crippen LogP contribution in [0.2, 0.25) is 0 Å². The summed E-state index contributed by atoms with van der Waals surface area (Å²) in [6.45, 7) is 1.95. The monoisotopic (exact) mass is 1020 g/mol. The van der Waals surface area contributed by atoms with Crippen molar-refractivity contribution in [3.05, 3.63) is 278 Å². The van der Waals surface area contributed by atoms with Crippen LogP contribution in [0.15, 0.2) is 266 Å². The first-order valence-electron chi connectivity index (χ1n) is 27.4. The first-order chi connectivity index (χ1) is 39.1. The summed E-state index contributed by atoms with van der Waals surface area (Å²) in [6, 6.07) is 86.2. The van der Waals surface area contributed by atoms with Crippen molar-refractivity contribution in [1.29, 1.82) is 0 Å². The van der Waals surface area contributed by atoms with E-state index in [2.05, 4.69) is 290 Å². The summed E-state index contributed by atoms with van der Waals surface area (Å²) in [5.74, 6) is 0.866. The molecular weight excluding hydrogens is 963 g/mol. The van der Waals surface area contributed by atoms with Crippen LogP contribution in [0.1, 0.15) is 23.1 Å². The van der Waals surface area contributed by atoms with Gasteiger partial charge in [-0.2, -0.15) is 0 Å². The number of aromatic nitrogens is 3. The largest absolute Gasteiger partial charge is 0.352 e. The van der Waals surface area contributed by atoms with Gasteiger partial charge >= 0.3 is 0 Å². The van der Waals surface area contributed by atoms with E-state index in [4.69, 9.17) is 4.99 Å². The molecule has 2 aliphatic rings. The van der Waals surface area contributed by atoms with Crippen molar-refractivity contribution in [2.24, 2.45) is 4.99 Å². The highest BCUT2D eigenvalue weighted by Gasteiger charge is 2.43. The van der Waals surface area contributed by atoms with Crippen LogP contribution in [0.3, 0.4) is 0 Å². The number of rotatable bonds is 9. The lowest BCUT2D eigenvalue weighted by molar-refractivity contribution is 0.579. The van der Waals surface area contributed by atoms with Gasteiger partial charge in [-0.15, -0.1) is 0 Å². The molecule has 0 fully saturated rings. The average Bonchev–Trinajstić information content (AvgIpc) is 4.13. The summed E-state index contributed by atoms with van der Waals surface area (Å²) in [6.07, 6.45) is 10.1. The number of allylic oxidation sites excluding steroid dienone is 3. The van der Waals surface area contributed by atoms with Crippen LogP contribution in [0.5, 0.6) is 0 Å². The van der Waals surface area contributed by atoms with Crippen molar-refractivity contribution in [3.63, 3.8) is 0 Å². The maximum absolute atomic E-state index is 5.26. The lowest BCUT2D eigenvalue weighted by Crippen LogP contribution is -2.30. The number of para-hydroxylation sites is 4. The third-order valence-corrected chi connectivity index (χ3v) is 16.1. The maximum atomic E-state index is 5.26. The predicted octanol–water partition coefficient (Wildman–Crippen LogP) is 16.6. The molecule has 7 heteroatoms. The fourth-order valence-corrected chi connectivity index (χ4v) is 12.6. The predicted molar refractivity (Wildman–Crippen MR) is 333 cm³/mol. The minimum Gasteiger partial charge on any atom is -0.352 e. The molecule has 1 spiro atoms. The van der Waals surface area contributed by atoms with Gasteiger partial charge < -0.3 is 29.2 Å². The Morgan fingerprint density at radius 1 is 0.481 bits per heavy atom. The van der Waals surface area contributed by atoms with Gasteiger partial charge in [-0.3, -0.25) is 4.99 Å². The molecule has 1 aliphatic carbocycles. The van der Waals surface area contributed by atoms with Gasteiger partial charge in [0.2, 0.25) is 0 Å². The van der Waals surface area contributed by atoms with E-state index in [9.17, 15) is 0 Å². The number of benzene rings is 10. The average molecular weight is 1020 g/mol. The molecule has 0 amide bonds. The number of anilines is 2. The molecule has 0 saturated heterocycles. The molecule has 10 aromatic carbocycles. The molecule has 382 valence electrons. The number of hydrogen-bond donors (Lipinski definition) is 2. The van der Waals surface area contributed by atoms with Crippen molar-refractivity contribution in [2.45, 2.75) is 25.0 Å². The number of nitrogens with zero attached hydrogens (tertiary/aromatic N) is 5. The van der Waals surface area contributed by atoms with E-state index in [0.717, 1.165) is 35.7 Å². The number of aliphatic imine (C=N–C) groups is 1. The van der Waals surface area contributed by atoms with Gasteiger partial charge in [0.15, 0.2) is 0 Å². The molecule has 79 heavy (non-hydrogen) atoms. The standard InChI is InChI=1S/C70H52N6.C2H7N/c1-7-21-48(22-8-1)45-71-69(49-23-9-2-10-24-49)72-47-74-62-39-33-50(43-59(62)57-37-38-61-68(65(57)74)73(52-25-11-3-12-26-52)46-70(61)41-19-6-20-42-70)51-34-40-64-60(44-51)58-36-35-56-55-31-17-18-32-63(55)75(53-27-13-4-14-28-53)66(56)67(58)76(64)54-29-15-5-16-30-54;1-3-2/h1-41,43-44H,42,45-47H2,(H,71,72);3H,1-2H3. The van der Waals surface area contributed by atoms with Crippen LogP contribution in [0.25, 0.3) is 87.9 Å². The molecule has 2 N–H and O–H groups in total. The topological polar surface area (TPSA) is 54.5 Å². The van der Waals surface area contributed by atoms with Crippen LogP contribution in [0.4, 0.5) is 11.4 Å². The lowest BCUT2D eigenvalue weighted by atomic mass is 9.77. The smallest absolute Gasteiger partial charge is 0.129 e. The van der Waals surface area contributed by atoms with Gasteiger partial charge in [0.1, 0.15) is 5.84 Å². The van der Waals surface area contributed by atoms with Gasteiger partial charge in [-0.1, -0.05) is 194 Å². The molecule has 7 nitrogen and oxygen atoms in total. The molecule has 1 unspecified atom stereocenters. The van der Waals surface area contributed by atoms with Gasteiger partial charge in [0.25, 0.3) is 0 Å². The molecule has 0 saturated carbocycles. The molecule has 1 atom stereocenters. The van der Waals surface area contributed by atoms with Gasteiger partial charge in [0.05, 0.1) is 52.0 Å². The van der Waals surface area contributed by atoms with E-state index in [1.54, 1.807) is 0 Å². The molecular formula is C72H59N7. The summed E-state index contributed by atoms with van der Waals surface area (Å²) >= 11 is 0. The van der Waals surface area contributed by atoms with E-state index in [0.29, 0.717) is 13.2 Å². The molecule has 1 aliphatic heterocycles. The minimum absolute atomic E-state index is 0.157. The molecule has 4 heterocycles. The third kappa shape index (κ3) is 8.12. The second-order valence-corrected chi connectivity index (χ2v) is 20.9. The van der Waals surface area contributed by atoms with Crippen molar-refractivity contribution in [2.75, 3.05) is 25.5 Å². The maximum Gasteiger partial charge on any atom is 0.129 e. The van der Waals surface area contributed by atoms with Gasteiger partial charge in [-0.25, -0.2) is 0 Å². The van der Waals surface area contributed by atoms with Crippen molar-refractivity contribution in [3.8, 4) is 22.5 Å². The normalized spacial score (nSPS) is 15.0. The summed E-state index contributed by atoms with van der Waals surface area (Å²) in [5, 5.41) is 14.0. The van der Waals surface area contributed by atoms with Crippen molar-refractivity contribution < 1.29 is 0 Å². The van der Waals surface area contributed by atoms with Crippen molar-refractivity contribution >= 4 is 82.6 Å². The Bertz CT molecular complexity index is 4490. The molecule has 13 aromatic rings. The summed E-state index contributed by atoms with van der Waals surface area (Å²) in [5.41, 5.74) is 17.7. The first-order valence-corrected chi connectivity index (χ1v) is 27.4. The highest BCUT2D eigenvalue weighted by Crippen LogP contribution is 2.53. The number of amidine groups is 1. The fourth-order valence-electron chi connectivity index (χ4n) is 12.6. The summed E-state index contributed by atoms with van der Waals surface area (Å²) < 4.78 is 7.45. The zero-order valence-electron chi connectivity index (χ0n) is 44.4. The second kappa shape index (κ2) is 20.0. The Balaban J connectivity index is 0.00000184. The van der Waals surface area contributed by atoms with E-state index in [1.165, 1.54) is 99.0 Å². The Morgan fingerprint density at radius 2 is 1.00 bits per heavy atom. The van der Waals surface area contributed by atoms with Crippen molar-refractivity contribution in [1.82, 2.24) is 24.3 Å². The van der Waals surface area contributed by atoms with Crippen LogP contribution in [0, 0.1) is 0 Å². The lowest BCUT2D eigenvalue weighted by Gasteiger charge is -2.28. The second-order valence-electron chi connectivity index (χ2n) is 20.9. The SMILES string of the molecule is C1=CCC2(C=C1)CN(c1ccccc1)c1c2ccc2c3cc(-c4ccc5c(c4)c4ccc6c7ccccc7n(-c7ccccc7)c6c4n5-c4ccccc4)ccc3n(CNC(=NCc3ccccc3)c3ccccc3)c12.CNC. The van der Waals surface area contributed by atoms with E-state index in [-0.39, 0.29) is 5.41 Å². The fraction of sp³-hybridized carbons (Fsp3) is 0.0972. The highest BCUT2D eigenvalue weighted by atomic mass is 15.2. The molecule has 3 aromatic heterocycles. The molecule has 0 radical (unpaired) electrons. The van der Waals surface area contributed by atoms with Crippen LogP contribution in [-0.4, -0.2) is 40.2 Å². The van der Waals surface area contributed by atoms with Gasteiger partial charge in [-0.05, 0) is 110 Å². The number of fused-ring (bicyclic) bond motifs is 13. The van der Waals surface area contributed by atoms with Gasteiger partial charge in [0, 0.05) is 66.9 Å². The van der Waals surface area contributed by atoms with Crippen LogP contribution >= 0.6 is 0 Å².